The van der Waals surface area contributed by atoms with Gasteiger partial charge in [0.05, 0.1) is 13.7 Å². The van der Waals surface area contributed by atoms with Crippen LogP contribution in [0.5, 0.6) is 0 Å². The van der Waals surface area contributed by atoms with Gasteiger partial charge in [-0.3, -0.25) is 4.98 Å². The minimum atomic E-state index is 0.0503. The first-order valence-electron chi connectivity index (χ1n) is 4.61. The van der Waals surface area contributed by atoms with E-state index in [0.717, 1.165) is 25.4 Å². The fourth-order valence-electron chi connectivity index (χ4n) is 1.28. The fraction of sp³-hybridized carbons (Fsp3) is 0.444. The summed E-state index contributed by atoms with van der Waals surface area (Å²) in [6.07, 6.45) is 1.60. The number of hydrogen-bond donors (Lipinski definition) is 1. The zero-order chi connectivity index (χ0) is 9.10. The minimum Gasteiger partial charge on any atom is -0.369 e. The van der Waals surface area contributed by atoms with Gasteiger partial charge in [-0.25, -0.2) is 0 Å². The summed E-state index contributed by atoms with van der Waals surface area (Å²) < 4.78 is 12.8. The van der Waals surface area contributed by atoms with Crippen LogP contribution >= 0.6 is 0 Å². The average Bonchev–Trinajstić information content (AvgIpc) is 2.20. The summed E-state index contributed by atoms with van der Waals surface area (Å²) >= 11 is 0. The maximum Gasteiger partial charge on any atom is 0.112 e. The molecule has 0 aromatic carbocycles. The summed E-state index contributed by atoms with van der Waals surface area (Å²) in [6, 6.07) is 4.02. The van der Waals surface area contributed by atoms with E-state index in [4.69, 9.17) is 6.11 Å². The molecule has 0 bridgehead atoms. The van der Waals surface area contributed by atoms with Crippen molar-refractivity contribution < 1.29 is 6.11 Å². The summed E-state index contributed by atoms with van der Waals surface area (Å²) in [5.41, 5.74) is 0.906. The number of ether oxygens (including phenoxy) is 1. The molecule has 1 N–H and O–H groups in total. The SMILES string of the molecule is [2H]c1ccc([C@H]2CNCCO2)nc1. The van der Waals surface area contributed by atoms with Crippen LogP contribution in [-0.2, 0) is 4.74 Å². The second-order valence-corrected chi connectivity index (χ2v) is 2.75. The quantitative estimate of drug-likeness (QED) is 0.666. The first kappa shape index (κ1) is 6.57. The highest BCUT2D eigenvalue weighted by Crippen LogP contribution is 2.14. The Labute approximate surface area is 73.2 Å². The second kappa shape index (κ2) is 3.65. The standard InChI is InChI=1S/C9H12N2O/c1-2-4-11-8(3-1)9-7-10-5-6-12-9/h1-4,9-10H,5-7H2/t9-/m1/s1/i2D. The van der Waals surface area contributed by atoms with E-state index < -0.39 is 0 Å². The first-order valence-corrected chi connectivity index (χ1v) is 4.11. The highest BCUT2D eigenvalue weighted by Gasteiger charge is 2.15. The van der Waals surface area contributed by atoms with Gasteiger partial charge in [0.1, 0.15) is 6.10 Å². The predicted molar refractivity (Wildman–Crippen MR) is 45.8 cm³/mol. The molecule has 64 valence electrons. The molecule has 1 aliphatic rings. The molecule has 12 heavy (non-hydrogen) atoms. The van der Waals surface area contributed by atoms with Gasteiger partial charge in [-0.05, 0) is 12.1 Å². The van der Waals surface area contributed by atoms with Crippen LogP contribution in [0, 0.1) is 0 Å². The Balaban J connectivity index is 2.10. The van der Waals surface area contributed by atoms with Gasteiger partial charge in [0.15, 0.2) is 0 Å². The third kappa shape index (κ3) is 1.62. The van der Waals surface area contributed by atoms with Crippen molar-refractivity contribution in [1.82, 2.24) is 10.3 Å². The van der Waals surface area contributed by atoms with Gasteiger partial charge in [-0.2, -0.15) is 0 Å². The number of aromatic nitrogens is 1. The molecule has 3 nitrogen and oxygen atoms in total. The number of pyridine rings is 1. The topological polar surface area (TPSA) is 34.1 Å². The number of hydrogen-bond acceptors (Lipinski definition) is 3. The Morgan fingerprint density at radius 3 is 3.42 bits per heavy atom. The van der Waals surface area contributed by atoms with Gasteiger partial charge in [0, 0.05) is 19.3 Å². The average molecular weight is 165 g/mol. The van der Waals surface area contributed by atoms with E-state index in [-0.39, 0.29) is 6.10 Å². The van der Waals surface area contributed by atoms with Crippen LogP contribution in [0.4, 0.5) is 0 Å². The lowest BCUT2D eigenvalue weighted by molar-refractivity contribution is 0.0250. The zero-order valence-corrected chi connectivity index (χ0v) is 6.79. The van der Waals surface area contributed by atoms with Crippen molar-refractivity contribution >= 4 is 0 Å². The molecular weight excluding hydrogens is 152 g/mol. The predicted octanol–water partition coefficient (Wildman–Crippen LogP) is 0.742. The van der Waals surface area contributed by atoms with Gasteiger partial charge in [0.25, 0.3) is 0 Å². The smallest absolute Gasteiger partial charge is 0.112 e. The van der Waals surface area contributed by atoms with Crippen molar-refractivity contribution in [2.45, 2.75) is 6.10 Å². The largest absolute Gasteiger partial charge is 0.369 e. The van der Waals surface area contributed by atoms with Crippen molar-refractivity contribution in [3.8, 4) is 0 Å². The summed E-state index contributed by atoms with van der Waals surface area (Å²) in [7, 11) is 0. The van der Waals surface area contributed by atoms with Crippen LogP contribution in [0.2, 0.25) is 0 Å². The Kier molecular flexibility index (Phi) is 2.00. The van der Waals surface area contributed by atoms with E-state index in [2.05, 4.69) is 10.3 Å². The Hall–Kier alpha value is -0.930. The molecule has 1 aromatic heterocycles. The molecule has 2 heterocycles. The molecular formula is C9H12N2O. The maximum atomic E-state index is 7.29. The van der Waals surface area contributed by atoms with E-state index in [1.807, 2.05) is 6.07 Å². The van der Waals surface area contributed by atoms with Crippen LogP contribution in [-0.4, -0.2) is 24.7 Å². The van der Waals surface area contributed by atoms with Gasteiger partial charge >= 0.3 is 0 Å². The van der Waals surface area contributed by atoms with Crippen LogP contribution < -0.4 is 5.32 Å². The van der Waals surface area contributed by atoms with Crippen LogP contribution in [0.1, 0.15) is 13.2 Å². The normalized spacial score (nSPS) is 25.0. The number of nitrogens with one attached hydrogen (secondary N) is 1. The lowest BCUT2D eigenvalue weighted by atomic mass is 10.2. The van der Waals surface area contributed by atoms with Crippen molar-refractivity contribution in [2.75, 3.05) is 19.7 Å². The van der Waals surface area contributed by atoms with E-state index >= 15 is 0 Å². The Bertz CT molecular complexity index is 269. The highest BCUT2D eigenvalue weighted by molar-refractivity contribution is 5.07. The molecule has 0 spiro atoms. The van der Waals surface area contributed by atoms with Crippen molar-refractivity contribution in [2.24, 2.45) is 0 Å². The fourth-order valence-corrected chi connectivity index (χ4v) is 1.28. The molecule has 3 heteroatoms. The summed E-state index contributed by atoms with van der Waals surface area (Å²) in [4.78, 5) is 4.15. The van der Waals surface area contributed by atoms with E-state index in [1.165, 1.54) is 0 Å². The van der Waals surface area contributed by atoms with Crippen LogP contribution in [0.15, 0.2) is 24.4 Å². The molecule has 0 unspecified atom stereocenters. The van der Waals surface area contributed by atoms with Crippen molar-refractivity contribution in [1.29, 1.82) is 0 Å². The van der Waals surface area contributed by atoms with E-state index in [9.17, 15) is 0 Å². The first-order chi connectivity index (χ1) is 6.36. The molecule has 0 amide bonds. The van der Waals surface area contributed by atoms with Gasteiger partial charge in [-0.15, -0.1) is 0 Å². The number of nitrogens with zero attached hydrogens (tertiary/aromatic N) is 1. The third-order valence-corrected chi connectivity index (χ3v) is 1.90. The van der Waals surface area contributed by atoms with Crippen molar-refractivity contribution in [3.05, 3.63) is 30.1 Å². The Morgan fingerprint density at radius 1 is 1.75 bits per heavy atom. The molecule has 1 saturated heterocycles. The Morgan fingerprint density at radius 2 is 2.75 bits per heavy atom. The molecule has 0 radical (unpaired) electrons. The molecule has 1 fully saturated rings. The number of rotatable bonds is 1. The van der Waals surface area contributed by atoms with Crippen molar-refractivity contribution in [3.63, 3.8) is 0 Å². The maximum absolute atomic E-state index is 7.29. The molecule has 1 aliphatic heterocycles. The van der Waals surface area contributed by atoms with Gasteiger partial charge < -0.3 is 10.1 Å². The third-order valence-electron chi connectivity index (χ3n) is 1.90. The summed E-state index contributed by atoms with van der Waals surface area (Å²) in [5.74, 6) is 0. The lowest BCUT2D eigenvalue weighted by Crippen LogP contribution is -2.33. The monoisotopic (exact) mass is 165 g/mol. The zero-order valence-electron chi connectivity index (χ0n) is 7.79. The summed E-state index contributed by atoms with van der Waals surface area (Å²) in [5, 5.41) is 3.24. The van der Waals surface area contributed by atoms with Gasteiger partial charge in [-0.1, -0.05) is 6.07 Å². The summed E-state index contributed by atoms with van der Waals surface area (Å²) in [6.45, 7) is 2.45. The second-order valence-electron chi connectivity index (χ2n) is 2.75. The lowest BCUT2D eigenvalue weighted by Gasteiger charge is -2.22. The molecule has 1 atom stereocenters. The van der Waals surface area contributed by atoms with Crippen LogP contribution in [0.25, 0.3) is 0 Å². The highest BCUT2D eigenvalue weighted by atomic mass is 16.5. The molecule has 2 rings (SSSR count). The molecule has 0 saturated carbocycles. The number of morpholine rings is 1. The molecule has 0 aliphatic carbocycles. The van der Waals surface area contributed by atoms with Crippen LogP contribution in [0.3, 0.4) is 0 Å². The van der Waals surface area contributed by atoms with E-state index in [1.54, 1.807) is 12.3 Å². The minimum absolute atomic E-state index is 0.0503. The van der Waals surface area contributed by atoms with E-state index in [0.29, 0.717) is 6.04 Å². The molecule has 1 aromatic rings. The van der Waals surface area contributed by atoms with Gasteiger partial charge in [0.2, 0.25) is 0 Å².